The summed E-state index contributed by atoms with van der Waals surface area (Å²) in [5, 5.41) is 13.5. The second-order valence-corrected chi connectivity index (χ2v) is 4.47. The highest BCUT2D eigenvalue weighted by molar-refractivity contribution is 7.15. The van der Waals surface area contributed by atoms with Gasteiger partial charge in [0.1, 0.15) is 5.01 Å². The molecule has 0 saturated carbocycles. The molecule has 14 heavy (non-hydrogen) atoms. The molecule has 2 heterocycles. The van der Waals surface area contributed by atoms with Crippen molar-refractivity contribution >= 4 is 16.5 Å². The van der Waals surface area contributed by atoms with Crippen molar-refractivity contribution in [1.29, 1.82) is 0 Å². The van der Waals surface area contributed by atoms with Crippen LogP contribution in [-0.2, 0) is 11.2 Å². The number of hydrogen-bond acceptors (Lipinski definition) is 5. The molecule has 0 aliphatic carbocycles. The van der Waals surface area contributed by atoms with Gasteiger partial charge in [0.25, 0.3) is 0 Å². The van der Waals surface area contributed by atoms with E-state index >= 15 is 0 Å². The van der Waals surface area contributed by atoms with E-state index < -0.39 is 0 Å². The van der Waals surface area contributed by atoms with Crippen molar-refractivity contribution in [3.05, 3.63) is 5.01 Å². The minimum atomic E-state index is 0.418. The van der Waals surface area contributed by atoms with Crippen LogP contribution < -0.4 is 5.32 Å². The van der Waals surface area contributed by atoms with Gasteiger partial charge in [-0.1, -0.05) is 18.3 Å². The fourth-order valence-corrected chi connectivity index (χ4v) is 2.24. The zero-order valence-electron chi connectivity index (χ0n) is 8.32. The van der Waals surface area contributed by atoms with E-state index in [1.54, 1.807) is 11.3 Å². The van der Waals surface area contributed by atoms with Crippen LogP contribution in [0.2, 0.25) is 0 Å². The van der Waals surface area contributed by atoms with Crippen LogP contribution in [0.4, 0.5) is 5.13 Å². The van der Waals surface area contributed by atoms with Crippen LogP contribution in [0, 0.1) is 0 Å². The Morgan fingerprint density at radius 2 is 2.50 bits per heavy atom. The van der Waals surface area contributed by atoms with Crippen molar-refractivity contribution in [2.45, 2.75) is 32.2 Å². The summed E-state index contributed by atoms with van der Waals surface area (Å²) in [7, 11) is 0. The van der Waals surface area contributed by atoms with E-state index in [0.717, 1.165) is 36.2 Å². The first-order valence-electron chi connectivity index (χ1n) is 5.05. The van der Waals surface area contributed by atoms with Crippen molar-refractivity contribution in [2.75, 3.05) is 18.5 Å². The molecular weight excluding hydrogens is 198 g/mol. The van der Waals surface area contributed by atoms with Gasteiger partial charge >= 0.3 is 0 Å². The first-order chi connectivity index (χ1) is 6.88. The van der Waals surface area contributed by atoms with E-state index in [2.05, 4.69) is 22.4 Å². The summed E-state index contributed by atoms with van der Waals surface area (Å²) in [6.07, 6.45) is 3.26. The number of aryl methyl sites for hydroxylation is 1. The van der Waals surface area contributed by atoms with Gasteiger partial charge in [0, 0.05) is 6.61 Å². The van der Waals surface area contributed by atoms with Crippen LogP contribution in [0.3, 0.4) is 0 Å². The third kappa shape index (κ3) is 2.42. The quantitative estimate of drug-likeness (QED) is 0.830. The van der Waals surface area contributed by atoms with Crippen molar-refractivity contribution in [3.63, 3.8) is 0 Å². The van der Waals surface area contributed by atoms with Gasteiger partial charge in [-0.3, -0.25) is 0 Å². The first kappa shape index (κ1) is 9.86. The predicted molar refractivity (Wildman–Crippen MR) is 56.8 cm³/mol. The number of anilines is 1. The topological polar surface area (TPSA) is 47.0 Å². The lowest BCUT2D eigenvalue weighted by molar-refractivity contribution is 0.0876. The number of hydrogen-bond donors (Lipinski definition) is 1. The second-order valence-electron chi connectivity index (χ2n) is 3.41. The maximum atomic E-state index is 5.38. The number of nitrogens with zero attached hydrogens (tertiary/aromatic N) is 2. The van der Waals surface area contributed by atoms with Gasteiger partial charge < -0.3 is 10.1 Å². The van der Waals surface area contributed by atoms with Crippen LogP contribution in [0.15, 0.2) is 0 Å². The summed E-state index contributed by atoms with van der Waals surface area (Å²) < 4.78 is 5.38. The highest BCUT2D eigenvalue weighted by Gasteiger charge is 2.14. The summed E-state index contributed by atoms with van der Waals surface area (Å²) in [5.74, 6) is 0. The monoisotopic (exact) mass is 213 g/mol. The minimum absolute atomic E-state index is 0.418. The Hall–Kier alpha value is -0.680. The second kappa shape index (κ2) is 4.70. The number of rotatable bonds is 3. The molecule has 78 valence electrons. The van der Waals surface area contributed by atoms with E-state index in [9.17, 15) is 0 Å². The minimum Gasteiger partial charge on any atom is -0.379 e. The van der Waals surface area contributed by atoms with Crippen LogP contribution >= 0.6 is 11.3 Å². The van der Waals surface area contributed by atoms with E-state index in [1.807, 2.05) is 0 Å². The van der Waals surface area contributed by atoms with E-state index in [-0.39, 0.29) is 0 Å². The van der Waals surface area contributed by atoms with Crippen LogP contribution in [0.1, 0.15) is 24.8 Å². The molecule has 1 unspecified atom stereocenters. The van der Waals surface area contributed by atoms with Crippen molar-refractivity contribution in [1.82, 2.24) is 10.2 Å². The maximum Gasteiger partial charge on any atom is 0.205 e. The molecule has 0 amide bonds. The highest BCUT2D eigenvalue weighted by Crippen LogP contribution is 2.18. The summed E-state index contributed by atoms with van der Waals surface area (Å²) >= 11 is 1.64. The molecule has 5 heteroatoms. The molecule has 0 aromatic carbocycles. The van der Waals surface area contributed by atoms with Gasteiger partial charge in [-0.25, -0.2) is 0 Å². The molecule has 0 bridgehead atoms. The largest absolute Gasteiger partial charge is 0.379 e. The average Bonchev–Trinajstić information content (AvgIpc) is 2.67. The Morgan fingerprint density at radius 1 is 1.57 bits per heavy atom. The third-order valence-corrected chi connectivity index (χ3v) is 3.26. The van der Waals surface area contributed by atoms with Crippen molar-refractivity contribution in [3.8, 4) is 0 Å². The molecule has 1 N–H and O–H groups in total. The molecule has 4 nitrogen and oxygen atoms in total. The lowest BCUT2D eigenvalue weighted by Crippen LogP contribution is -2.29. The molecule has 1 aromatic rings. The molecular formula is C9H15N3OS. The molecule has 1 fully saturated rings. The number of nitrogens with one attached hydrogen (secondary N) is 1. The predicted octanol–water partition coefficient (Wildman–Crippen LogP) is 1.69. The zero-order chi connectivity index (χ0) is 9.80. The van der Waals surface area contributed by atoms with Gasteiger partial charge in [-0.15, -0.1) is 10.2 Å². The Morgan fingerprint density at radius 3 is 3.14 bits per heavy atom. The Labute approximate surface area is 87.7 Å². The SMILES string of the molecule is CCc1nnc(NC2CCCOC2)s1. The number of aromatic nitrogens is 2. The molecule has 2 rings (SSSR count). The molecule has 0 spiro atoms. The molecule has 1 atom stereocenters. The molecule has 0 radical (unpaired) electrons. The lowest BCUT2D eigenvalue weighted by atomic mass is 10.1. The molecule has 1 aromatic heterocycles. The first-order valence-corrected chi connectivity index (χ1v) is 5.87. The zero-order valence-corrected chi connectivity index (χ0v) is 9.14. The van der Waals surface area contributed by atoms with Crippen LogP contribution in [0.5, 0.6) is 0 Å². The smallest absolute Gasteiger partial charge is 0.205 e. The molecule has 1 aliphatic rings. The average molecular weight is 213 g/mol. The van der Waals surface area contributed by atoms with E-state index in [0.29, 0.717) is 6.04 Å². The van der Waals surface area contributed by atoms with Gasteiger partial charge in [-0.05, 0) is 19.3 Å². The van der Waals surface area contributed by atoms with Gasteiger partial charge in [0.2, 0.25) is 5.13 Å². The Balaban J connectivity index is 1.89. The van der Waals surface area contributed by atoms with Gasteiger partial charge in [0.05, 0.1) is 12.6 Å². The standard InChI is InChI=1S/C9H15N3OS/c1-2-8-11-12-9(14-8)10-7-4-3-5-13-6-7/h7H,2-6H2,1H3,(H,10,12). The number of ether oxygens (including phenoxy) is 1. The maximum absolute atomic E-state index is 5.38. The normalized spacial score (nSPS) is 22.2. The highest BCUT2D eigenvalue weighted by atomic mass is 32.1. The Kier molecular flexibility index (Phi) is 3.31. The summed E-state index contributed by atoms with van der Waals surface area (Å²) in [5.41, 5.74) is 0. The Bertz CT molecular complexity index is 283. The van der Waals surface area contributed by atoms with E-state index in [1.165, 1.54) is 6.42 Å². The fraction of sp³-hybridized carbons (Fsp3) is 0.778. The summed E-state index contributed by atoms with van der Waals surface area (Å²) in [6.45, 7) is 3.78. The van der Waals surface area contributed by atoms with Gasteiger partial charge in [-0.2, -0.15) is 0 Å². The third-order valence-electron chi connectivity index (χ3n) is 2.26. The summed E-state index contributed by atoms with van der Waals surface area (Å²) in [4.78, 5) is 0. The van der Waals surface area contributed by atoms with Crippen LogP contribution in [0.25, 0.3) is 0 Å². The van der Waals surface area contributed by atoms with Crippen LogP contribution in [-0.4, -0.2) is 29.5 Å². The van der Waals surface area contributed by atoms with Gasteiger partial charge in [0.15, 0.2) is 0 Å². The molecule has 1 aliphatic heterocycles. The van der Waals surface area contributed by atoms with Crippen molar-refractivity contribution < 1.29 is 4.74 Å². The molecule has 1 saturated heterocycles. The van der Waals surface area contributed by atoms with E-state index in [4.69, 9.17) is 4.74 Å². The fourth-order valence-electron chi connectivity index (χ4n) is 1.48. The van der Waals surface area contributed by atoms with Crippen molar-refractivity contribution in [2.24, 2.45) is 0 Å². The summed E-state index contributed by atoms with van der Waals surface area (Å²) in [6, 6.07) is 0.418. The lowest BCUT2D eigenvalue weighted by Gasteiger charge is -2.22.